The Morgan fingerprint density at radius 2 is 2.28 bits per heavy atom. The first-order valence-corrected chi connectivity index (χ1v) is 6.76. The van der Waals surface area contributed by atoms with Crippen LogP contribution in [0.1, 0.15) is 12.8 Å². The highest BCUT2D eigenvalue weighted by Crippen LogP contribution is 2.13. The highest BCUT2D eigenvalue weighted by atomic mass is 32.2. The fraction of sp³-hybridized carbons (Fsp3) is 0.400. The van der Waals surface area contributed by atoms with Crippen molar-refractivity contribution in [3.05, 3.63) is 24.3 Å². The topological polar surface area (TPSA) is 85.4 Å². The predicted octanol–water partition coefficient (Wildman–Crippen LogP) is 0.916. The van der Waals surface area contributed by atoms with Crippen LogP contribution in [0.5, 0.6) is 0 Å². The first kappa shape index (κ1) is 14.4. The summed E-state index contributed by atoms with van der Waals surface area (Å²) in [6.07, 6.45) is 2.28. The average molecular weight is 276 g/mol. The molecule has 0 atom stereocenters. The number of hydrogen-bond acceptors (Lipinski definition) is 5. The highest BCUT2D eigenvalue weighted by Gasteiger charge is 2.14. The van der Waals surface area contributed by atoms with E-state index in [1.165, 1.54) is 19.4 Å². The number of carbonyl (C=O) groups is 1. The van der Waals surface area contributed by atoms with Crippen molar-refractivity contribution in [1.29, 1.82) is 0 Å². The molecule has 1 aromatic heterocycles. The Kier molecular flexibility index (Phi) is 5.02. The third-order valence-electron chi connectivity index (χ3n) is 2.06. The predicted molar refractivity (Wildman–Crippen MR) is 62.9 cm³/mol. The fourth-order valence-electron chi connectivity index (χ4n) is 1.19. The monoisotopic (exact) mass is 276 g/mol. The Labute approximate surface area is 104 Å². The van der Waals surface area contributed by atoms with Gasteiger partial charge in [-0.3, -0.25) is 14.5 Å². The van der Waals surface area contributed by atoms with Crippen molar-refractivity contribution in [2.75, 3.05) is 17.6 Å². The zero-order valence-corrected chi connectivity index (χ0v) is 10.5. The molecule has 6 nitrogen and oxygen atoms in total. The van der Waals surface area contributed by atoms with Gasteiger partial charge in [0.2, 0.25) is 10.0 Å². The molecule has 18 heavy (non-hydrogen) atoms. The van der Waals surface area contributed by atoms with Crippen LogP contribution in [-0.4, -0.2) is 32.2 Å². The largest absolute Gasteiger partial charge is 0.469 e. The summed E-state index contributed by atoms with van der Waals surface area (Å²) < 4.78 is 42.8. The minimum absolute atomic E-state index is 0.00373. The van der Waals surface area contributed by atoms with Gasteiger partial charge in [-0.25, -0.2) is 12.8 Å². The second-order valence-corrected chi connectivity index (χ2v) is 5.30. The molecule has 100 valence electrons. The number of ether oxygens (including phenoxy) is 1. The number of nitrogens with one attached hydrogen (secondary N) is 1. The van der Waals surface area contributed by atoms with E-state index in [-0.39, 0.29) is 24.3 Å². The molecule has 0 unspecified atom stereocenters. The van der Waals surface area contributed by atoms with Gasteiger partial charge in [-0.15, -0.1) is 0 Å². The Hall–Kier alpha value is -1.70. The van der Waals surface area contributed by atoms with E-state index in [9.17, 15) is 17.6 Å². The number of hydrogen-bond donors (Lipinski definition) is 1. The van der Waals surface area contributed by atoms with Crippen molar-refractivity contribution in [2.24, 2.45) is 0 Å². The first-order chi connectivity index (χ1) is 8.44. The number of rotatable bonds is 6. The molecule has 0 amide bonds. The minimum atomic E-state index is -3.69. The molecule has 0 aliphatic carbocycles. The van der Waals surface area contributed by atoms with Gasteiger partial charge < -0.3 is 4.74 Å². The summed E-state index contributed by atoms with van der Waals surface area (Å²) in [6.45, 7) is 0. The lowest BCUT2D eigenvalue weighted by Gasteiger charge is -2.07. The van der Waals surface area contributed by atoms with Crippen LogP contribution in [0.4, 0.5) is 10.1 Å². The summed E-state index contributed by atoms with van der Waals surface area (Å²) >= 11 is 0. The van der Waals surface area contributed by atoms with E-state index < -0.39 is 21.8 Å². The summed E-state index contributed by atoms with van der Waals surface area (Å²) in [6, 6.07) is 1.22. The molecular weight excluding hydrogens is 263 g/mol. The zero-order chi connectivity index (χ0) is 13.6. The number of sulfonamides is 1. The van der Waals surface area contributed by atoms with Crippen LogP contribution >= 0.6 is 0 Å². The Bertz CT molecular complexity index is 518. The standard InChI is InChI=1S/C10H13FN2O4S/c1-17-10(14)3-2-6-18(15,16)13-9-4-5-12-7-8(9)11/h4-5,7H,2-3,6H2,1H3,(H,12,13). The van der Waals surface area contributed by atoms with Crippen molar-refractivity contribution < 1.29 is 22.3 Å². The van der Waals surface area contributed by atoms with Crippen molar-refractivity contribution in [3.8, 4) is 0 Å². The van der Waals surface area contributed by atoms with E-state index in [2.05, 4.69) is 14.4 Å². The molecule has 1 aromatic rings. The van der Waals surface area contributed by atoms with Crippen LogP contribution in [0.25, 0.3) is 0 Å². The van der Waals surface area contributed by atoms with Gasteiger partial charge >= 0.3 is 5.97 Å². The highest BCUT2D eigenvalue weighted by molar-refractivity contribution is 7.92. The molecule has 8 heteroatoms. The maximum absolute atomic E-state index is 13.2. The summed E-state index contributed by atoms with van der Waals surface area (Å²) in [7, 11) is -2.46. The SMILES string of the molecule is COC(=O)CCCS(=O)(=O)Nc1ccncc1F. The van der Waals surface area contributed by atoms with E-state index in [0.717, 1.165) is 6.20 Å². The number of aromatic nitrogens is 1. The number of halogens is 1. The van der Waals surface area contributed by atoms with Gasteiger partial charge in [0, 0.05) is 12.6 Å². The van der Waals surface area contributed by atoms with Gasteiger partial charge in [0.05, 0.1) is 24.7 Å². The molecular formula is C10H13FN2O4S. The molecule has 0 saturated carbocycles. The molecule has 0 aliphatic rings. The summed E-state index contributed by atoms with van der Waals surface area (Å²) in [4.78, 5) is 14.3. The lowest BCUT2D eigenvalue weighted by molar-refractivity contribution is -0.140. The first-order valence-electron chi connectivity index (χ1n) is 5.11. The molecule has 1 rings (SSSR count). The smallest absolute Gasteiger partial charge is 0.305 e. The Balaban J connectivity index is 2.55. The summed E-state index contributed by atoms with van der Waals surface area (Å²) in [5.41, 5.74) is -0.164. The van der Waals surface area contributed by atoms with Gasteiger partial charge in [-0.2, -0.15) is 0 Å². The van der Waals surface area contributed by atoms with E-state index in [1.54, 1.807) is 0 Å². The van der Waals surface area contributed by atoms with Crippen LogP contribution in [0, 0.1) is 5.82 Å². The molecule has 0 bridgehead atoms. The third-order valence-corrected chi connectivity index (χ3v) is 3.42. The van der Waals surface area contributed by atoms with Gasteiger partial charge in [0.15, 0.2) is 5.82 Å². The molecule has 0 aromatic carbocycles. The van der Waals surface area contributed by atoms with Crippen molar-refractivity contribution in [3.63, 3.8) is 0 Å². The molecule has 1 heterocycles. The molecule has 0 aliphatic heterocycles. The van der Waals surface area contributed by atoms with E-state index in [4.69, 9.17) is 0 Å². The van der Waals surface area contributed by atoms with Crippen molar-refractivity contribution in [2.45, 2.75) is 12.8 Å². The van der Waals surface area contributed by atoms with E-state index in [0.29, 0.717) is 0 Å². The number of methoxy groups -OCH3 is 1. The van der Waals surface area contributed by atoms with Crippen LogP contribution in [0.3, 0.4) is 0 Å². The van der Waals surface area contributed by atoms with Gasteiger partial charge in [0.25, 0.3) is 0 Å². The van der Waals surface area contributed by atoms with Gasteiger partial charge in [-0.1, -0.05) is 0 Å². The molecule has 0 saturated heterocycles. The second-order valence-electron chi connectivity index (χ2n) is 3.46. The molecule has 0 spiro atoms. The summed E-state index contributed by atoms with van der Waals surface area (Å²) in [5.74, 6) is -1.53. The van der Waals surface area contributed by atoms with Crippen molar-refractivity contribution in [1.82, 2.24) is 4.98 Å². The Morgan fingerprint density at radius 1 is 1.56 bits per heavy atom. The zero-order valence-electron chi connectivity index (χ0n) is 9.72. The minimum Gasteiger partial charge on any atom is -0.469 e. The van der Waals surface area contributed by atoms with Crippen LogP contribution < -0.4 is 4.72 Å². The second kappa shape index (κ2) is 6.29. The average Bonchev–Trinajstić information content (AvgIpc) is 2.31. The van der Waals surface area contributed by atoms with Crippen LogP contribution in [0.15, 0.2) is 18.5 Å². The van der Waals surface area contributed by atoms with E-state index in [1.807, 2.05) is 0 Å². The lowest BCUT2D eigenvalue weighted by Crippen LogP contribution is -2.18. The number of nitrogens with zero attached hydrogens (tertiary/aromatic N) is 1. The number of pyridine rings is 1. The number of carbonyl (C=O) groups excluding carboxylic acids is 1. The lowest BCUT2D eigenvalue weighted by atomic mass is 10.3. The number of esters is 1. The normalized spacial score (nSPS) is 11.0. The van der Waals surface area contributed by atoms with Crippen molar-refractivity contribution >= 4 is 21.7 Å². The molecule has 0 fully saturated rings. The van der Waals surface area contributed by atoms with E-state index >= 15 is 0 Å². The van der Waals surface area contributed by atoms with Crippen LogP contribution in [0.2, 0.25) is 0 Å². The number of anilines is 1. The van der Waals surface area contributed by atoms with Gasteiger partial charge in [-0.05, 0) is 12.5 Å². The molecule has 1 N–H and O–H groups in total. The summed E-state index contributed by atoms with van der Waals surface area (Å²) in [5, 5.41) is 0. The maximum atomic E-state index is 13.2. The quantitative estimate of drug-likeness (QED) is 0.781. The maximum Gasteiger partial charge on any atom is 0.305 e. The van der Waals surface area contributed by atoms with Crippen LogP contribution in [-0.2, 0) is 19.6 Å². The molecule has 0 radical (unpaired) electrons. The van der Waals surface area contributed by atoms with Gasteiger partial charge in [0.1, 0.15) is 0 Å². The third kappa shape index (κ3) is 4.66. The Morgan fingerprint density at radius 3 is 2.89 bits per heavy atom. The fourth-order valence-corrected chi connectivity index (χ4v) is 2.31.